The molecule has 4 rings (SSSR count). The van der Waals surface area contributed by atoms with Crippen molar-refractivity contribution in [3.8, 4) is 23.0 Å². The molecule has 5 nitrogen and oxygen atoms in total. The van der Waals surface area contributed by atoms with Crippen LogP contribution in [-0.2, 0) is 14.8 Å². The molecule has 3 radical (unpaired) electrons. The molecule has 4 aromatic rings. The third-order valence-electron chi connectivity index (χ3n) is 6.53. The van der Waals surface area contributed by atoms with Crippen LogP contribution in [0.15, 0.2) is 109 Å². The first kappa shape index (κ1) is 31.4. The molecule has 2 atom stereocenters. The van der Waals surface area contributed by atoms with E-state index in [0.29, 0.717) is 13.2 Å². The second-order valence-electron chi connectivity index (χ2n) is 9.58. The molecule has 0 aliphatic carbocycles. The summed E-state index contributed by atoms with van der Waals surface area (Å²) in [6, 6.07) is 35.9. The highest BCUT2D eigenvalue weighted by molar-refractivity contribution is 5.75. The Bertz CT molecular complexity index is 1140. The van der Waals surface area contributed by atoms with Crippen LogP contribution in [0.5, 0.6) is 23.0 Å². The Balaban J connectivity index is 0.00000441. The van der Waals surface area contributed by atoms with Gasteiger partial charge in [0, 0.05) is 29.2 Å². The Morgan fingerprint density at radius 3 is 1.30 bits per heavy atom. The predicted molar refractivity (Wildman–Crippen MR) is 160 cm³/mol. The fourth-order valence-corrected chi connectivity index (χ4v) is 4.56. The Morgan fingerprint density at radius 2 is 0.900 bits per heavy atom. The van der Waals surface area contributed by atoms with Crippen LogP contribution in [0.1, 0.15) is 62.5 Å². The van der Waals surface area contributed by atoms with Gasteiger partial charge in [-0.2, -0.15) is 0 Å². The lowest BCUT2D eigenvalue weighted by atomic mass is 9.95. The molecule has 4 aromatic carbocycles. The topological polar surface area (TPSA) is 46.2 Å². The number of hydrogen-bond acceptors (Lipinski definition) is 5. The molecule has 0 saturated carbocycles. The number of benzene rings is 4. The van der Waals surface area contributed by atoms with Crippen LogP contribution >= 0.6 is 0 Å². The first-order valence-corrected chi connectivity index (χ1v) is 13.8. The van der Waals surface area contributed by atoms with Crippen molar-refractivity contribution in [2.24, 2.45) is 0 Å². The lowest BCUT2D eigenvalue weighted by Gasteiger charge is -2.19. The number of para-hydroxylation sites is 2. The first-order chi connectivity index (χ1) is 19.2. The standard InChI is InChI=1S/C34H38O5.Al/c1-3-13-29(27-15-11-21-33(23-27)37-31-17-7-5-8-18-31)25-35-39-36-26-30(14-4-2)28-16-12-22-34(24-28)38-32-19-9-6-10-20-32;/h5-12,15-24,29-30H,3-4,13-14,25-26H2,1-2H3;. The first-order valence-electron chi connectivity index (χ1n) is 13.8. The summed E-state index contributed by atoms with van der Waals surface area (Å²) in [6.07, 6.45) is 3.98. The molecule has 6 heteroatoms. The van der Waals surface area contributed by atoms with Crippen molar-refractivity contribution in [2.45, 2.75) is 51.4 Å². The van der Waals surface area contributed by atoms with Gasteiger partial charge in [0.15, 0.2) is 0 Å². The lowest BCUT2D eigenvalue weighted by molar-refractivity contribution is -0.514. The molecule has 0 saturated heterocycles. The second kappa shape index (κ2) is 17.6. The molecule has 0 aliphatic heterocycles. The quantitative estimate of drug-likeness (QED) is 0.0599. The van der Waals surface area contributed by atoms with E-state index in [1.54, 1.807) is 0 Å². The molecule has 0 spiro atoms. The van der Waals surface area contributed by atoms with Crippen molar-refractivity contribution < 1.29 is 24.3 Å². The average Bonchev–Trinajstić information content (AvgIpc) is 2.97. The summed E-state index contributed by atoms with van der Waals surface area (Å²) < 4.78 is 12.0. The highest BCUT2D eigenvalue weighted by Crippen LogP contribution is 2.30. The molecule has 0 aromatic heterocycles. The minimum Gasteiger partial charge on any atom is -0.457 e. The summed E-state index contributed by atoms with van der Waals surface area (Å²) in [5.74, 6) is 3.56. The van der Waals surface area contributed by atoms with Crippen LogP contribution in [0.4, 0.5) is 0 Å². The Hall–Kier alpha value is -3.11. The largest absolute Gasteiger partial charge is 0.457 e. The van der Waals surface area contributed by atoms with Gasteiger partial charge in [0.05, 0.1) is 13.2 Å². The summed E-state index contributed by atoms with van der Waals surface area (Å²) in [5.41, 5.74) is 2.29. The maximum absolute atomic E-state index is 6.02. The van der Waals surface area contributed by atoms with Gasteiger partial charge in [0.25, 0.3) is 0 Å². The molecule has 0 heterocycles. The molecular formula is C34H38AlO5. The summed E-state index contributed by atoms with van der Waals surface area (Å²) in [6.45, 7) is 5.11. The van der Waals surface area contributed by atoms with Gasteiger partial charge in [-0.1, -0.05) is 92.4 Å². The molecule has 40 heavy (non-hydrogen) atoms. The zero-order valence-electron chi connectivity index (χ0n) is 23.4. The monoisotopic (exact) mass is 553 g/mol. The fourth-order valence-electron chi connectivity index (χ4n) is 4.56. The molecule has 0 aliphatic rings. The van der Waals surface area contributed by atoms with Gasteiger partial charge >= 0.3 is 0 Å². The summed E-state index contributed by atoms with van der Waals surface area (Å²) in [4.78, 5) is 11.1. The Kier molecular flexibility index (Phi) is 13.8. The van der Waals surface area contributed by atoms with Crippen molar-refractivity contribution >= 4 is 17.4 Å². The highest BCUT2D eigenvalue weighted by Gasteiger charge is 2.16. The third-order valence-corrected chi connectivity index (χ3v) is 6.53. The van der Waals surface area contributed by atoms with Gasteiger partial charge in [0.2, 0.25) is 0 Å². The highest BCUT2D eigenvalue weighted by atomic mass is 27.0. The minimum absolute atomic E-state index is 0. The number of hydrogen-bond donors (Lipinski definition) is 0. The van der Waals surface area contributed by atoms with Gasteiger partial charge in [-0.05, 0) is 72.5 Å². The van der Waals surface area contributed by atoms with Crippen LogP contribution in [-0.4, -0.2) is 30.6 Å². The van der Waals surface area contributed by atoms with Crippen LogP contribution in [0.2, 0.25) is 0 Å². The summed E-state index contributed by atoms with van der Waals surface area (Å²) in [7, 11) is 0. The van der Waals surface area contributed by atoms with E-state index >= 15 is 0 Å². The van der Waals surface area contributed by atoms with Gasteiger partial charge < -0.3 is 9.47 Å². The van der Waals surface area contributed by atoms with Crippen LogP contribution < -0.4 is 9.47 Å². The predicted octanol–water partition coefficient (Wildman–Crippen LogP) is 9.24. The zero-order chi connectivity index (χ0) is 27.1. The normalized spacial score (nSPS) is 12.2. The minimum atomic E-state index is 0. The second-order valence-corrected chi connectivity index (χ2v) is 9.58. The molecule has 0 N–H and O–H groups in total. The van der Waals surface area contributed by atoms with Crippen LogP contribution in [0, 0.1) is 0 Å². The van der Waals surface area contributed by atoms with E-state index in [4.69, 9.17) is 24.3 Å². The maximum Gasteiger partial charge on any atom is 0.127 e. The van der Waals surface area contributed by atoms with E-state index < -0.39 is 0 Å². The molecule has 0 bridgehead atoms. The van der Waals surface area contributed by atoms with Crippen molar-refractivity contribution in [3.05, 3.63) is 120 Å². The van der Waals surface area contributed by atoms with Crippen molar-refractivity contribution in [3.63, 3.8) is 0 Å². The SMILES string of the molecule is CCCC(COOOCC(CCC)c1cccc(Oc2ccccc2)c1)c1cccc(Oc2ccccc2)c1.[Al]. The van der Waals surface area contributed by atoms with E-state index in [9.17, 15) is 0 Å². The molecular weight excluding hydrogens is 515 g/mol. The maximum atomic E-state index is 6.02. The van der Waals surface area contributed by atoms with Crippen LogP contribution in [0.3, 0.4) is 0 Å². The van der Waals surface area contributed by atoms with E-state index in [-0.39, 0.29) is 29.2 Å². The average molecular weight is 554 g/mol. The van der Waals surface area contributed by atoms with Crippen molar-refractivity contribution in [1.29, 1.82) is 0 Å². The van der Waals surface area contributed by atoms with Gasteiger partial charge in [0.1, 0.15) is 23.0 Å². The summed E-state index contributed by atoms with van der Waals surface area (Å²) >= 11 is 0. The number of ether oxygens (including phenoxy) is 2. The van der Waals surface area contributed by atoms with Crippen LogP contribution in [0.25, 0.3) is 0 Å². The van der Waals surface area contributed by atoms with Gasteiger partial charge in [-0.3, -0.25) is 0 Å². The zero-order valence-corrected chi connectivity index (χ0v) is 24.6. The van der Waals surface area contributed by atoms with Gasteiger partial charge in [-0.15, -0.1) is 0 Å². The van der Waals surface area contributed by atoms with E-state index in [1.807, 2.05) is 84.9 Å². The molecule has 0 fully saturated rings. The third kappa shape index (κ3) is 10.1. The summed E-state index contributed by atoms with van der Waals surface area (Å²) in [5, 5.41) is 5.22. The number of rotatable bonds is 16. The smallest absolute Gasteiger partial charge is 0.127 e. The molecule has 0 amide bonds. The lowest BCUT2D eigenvalue weighted by Crippen LogP contribution is -2.12. The van der Waals surface area contributed by atoms with E-state index in [0.717, 1.165) is 59.8 Å². The van der Waals surface area contributed by atoms with Crippen molar-refractivity contribution in [1.82, 2.24) is 0 Å². The Morgan fingerprint density at radius 1 is 0.500 bits per heavy atom. The van der Waals surface area contributed by atoms with Gasteiger partial charge in [-0.25, -0.2) is 9.78 Å². The Labute approximate surface area is 249 Å². The van der Waals surface area contributed by atoms with E-state index in [2.05, 4.69) is 38.1 Å². The fraction of sp³-hybridized carbons (Fsp3) is 0.294. The molecule has 2 unspecified atom stereocenters. The van der Waals surface area contributed by atoms with E-state index in [1.165, 1.54) is 0 Å². The molecule has 207 valence electrons. The van der Waals surface area contributed by atoms with Crippen molar-refractivity contribution in [2.75, 3.05) is 13.2 Å².